The van der Waals surface area contributed by atoms with Crippen molar-refractivity contribution in [2.24, 2.45) is 0 Å². The molecule has 0 atom stereocenters. The minimum atomic E-state index is -0.289. The Morgan fingerprint density at radius 3 is 2.59 bits per heavy atom. The maximum atomic E-state index is 13.2. The first-order valence-electron chi connectivity index (χ1n) is 7.37. The summed E-state index contributed by atoms with van der Waals surface area (Å²) in [6.45, 7) is 6.81. The van der Waals surface area contributed by atoms with Crippen LogP contribution in [0.15, 0.2) is 42.5 Å². The Hall–Kier alpha value is -2.36. The molecular formula is C18H21FN2O. The predicted octanol–water partition coefficient (Wildman–Crippen LogP) is 4.50. The lowest BCUT2D eigenvalue weighted by Gasteiger charge is -2.22. The highest BCUT2D eigenvalue weighted by Crippen LogP contribution is 2.17. The lowest BCUT2D eigenvalue weighted by Crippen LogP contribution is -2.34. The molecule has 0 aliphatic rings. The van der Waals surface area contributed by atoms with E-state index in [1.807, 2.05) is 45.0 Å². The van der Waals surface area contributed by atoms with E-state index in [0.29, 0.717) is 13.1 Å². The number of nitrogens with zero attached hydrogens (tertiary/aromatic N) is 1. The van der Waals surface area contributed by atoms with Gasteiger partial charge in [-0.15, -0.1) is 0 Å². The van der Waals surface area contributed by atoms with Crippen molar-refractivity contribution in [3.05, 3.63) is 65.0 Å². The standard InChI is InChI=1S/C18H21FN2O/c1-4-21(12-15-6-5-7-16(19)11-15)18(22)20-17-9-8-13(2)10-14(17)3/h5-11H,4,12H2,1-3H3,(H,20,22). The van der Waals surface area contributed by atoms with Crippen molar-refractivity contribution in [1.82, 2.24) is 4.90 Å². The first kappa shape index (κ1) is 16.0. The number of carbonyl (C=O) groups excluding carboxylic acids is 1. The zero-order valence-electron chi connectivity index (χ0n) is 13.2. The summed E-state index contributed by atoms with van der Waals surface area (Å²) < 4.78 is 13.2. The van der Waals surface area contributed by atoms with E-state index in [1.54, 1.807) is 11.0 Å². The normalized spacial score (nSPS) is 10.4. The minimum Gasteiger partial charge on any atom is -0.320 e. The van der Waals surface area contributed by atoms with E-state index in [9.17, 15) is 9.18 Å². The molecule has 2 aromatic carbocycles. The van der Waals surface area contributed by atoms with E-state index in [4.69, 9.17) is 0 Å². The van der Waals surface area contributed by atoms with Gasteiger partial charge in [0.05, 0.1) is 0 Å². The molecular weight excluding hydrogens is 279 g/mol. The van der Waals surface area contributed by atoms with Crippen LogP contribution in [-0.4, -0.2) is 17.5 Å². The van der Waals surface area contributed by atoms with Gasteiger partial charge >= 0.3 is 6.03 Å². The van der Waals surface area contributed by atoms with Gasteiger partial charge in [-0.1, -0.05) is 29.8 Å². The third-order valence-corrected chi connectivity index (χ3v) is 3.55. The molecule has 4 heteroatoms. The van der Waals surface area contributed by atoms with E-state index in [0.717, 1.165) is 22.4 Å². The summed E-state index contributed by atoms with van der Waals surface area (Å²) in [5, 5.41) is 2.92. The topological polar surface area (TPSA) is 32.3 Å². The second-order valence-corrected chi connectivity index (χ2v) is 5.39. The molecule has 0 aliphatic heterocycles. The number of nitrogens with one attached hydrogen (secondary N) is 1. The molecule has 0 radical (unpaired) electrons. The lowest BCUT2D eigenvalue weighted by molar-refractivity contribution is 0.212. The van der Waals surface area contributed by atoms with E-state index >= 15 is 0 Å². The average Bonchev–Trinajstić information content (AvgIpc) is 2.47. The number of urea groups is 1. The highest BCUT2D eigenvalue weighted by atomic mass is 19.1. The van der Waals surface area contributed by atoms with Crippen LogP contribution in [0.5, 0.6) is 0 Å². The summed E-state index contributed by atoms with van der Waals surface area (Å²) in [7, 11) is 0. The molecule has 2 amide bonds. The quantitative estimate of drug-likeness (QED) is 0.886. The van der Waals surface area contributed by atoms with E-state index < -0.39 is 0 Å². The van der Waals surface area contributed by atoms with Crippen LogP contribution in [0.1, 0.15) is 23.6 Å². The van der Waals surface area contributed by atoms with Crippen molar-refractivity contribution in [2.45, 2.75) is 27.3 Å². The van der Waals surface area contributed by atoms with Gasteiger partial charge < -0.3 is 10.2 Å². The number of hydrogen-bond donors (Lipinski definition) is 1. The molecule has 1 N–H and O–H groups in total. The largest absolute Gasteiger partial charge is 0.322 e. The molecule has 2 rings (SSSR count). The summed E-state index contributed by atoms with van der Waals surface area (Å²) >= 11 is 0. The van der Waals surface area contributed by atoms with Crippen molar-refractivity contribution in [1.29, 1.82) is 0 Å². The number of benzene rings is 2. The van der Waals surface area contributed by atoms with E-state index in [-0.39, 0.29) is 11.8 Å². The fourth-order valence-electron chi connectivity index (χ4n) is 2.33. The molecule has 0 saturated heterocycles. The lowest BCUT2D eigenvalue weighted by atomic mass is 10.1. The van der Waals surface area contributed by atoms with E-state index in [1.165, 1.54) is 12.1 Å². The van der Waals surface area contributed by atoms with Crippen molar-refractivity contribution < 1.29 is 9.18 Å². The summed E-state index contributed by atoms with van der Waals surface area (Å²) in [5.74, 6) is -0.289. The first-order chi connectivity index (χ1) is 10.5. The summed E-state index contributed by atoms with van der Waals surface area (Å²) in [4.78, 5) is 14.0. The van der Waals surface area contributed by atoms with Gasteiger partial charge in [-0.2, -0.15) is 0 Å². The van der Waals surface area contributed by atoms with Crippen LogP contribution in [0.2, 0.25) is 0 Å². The molecule has 0 heterocycles. The molecule has 3 nitrogen and oxygen atoms in total. The fraction of sp³-hybridized carbons (Fsp3) is 0.278. The number of carbonyl (C=O) groups is 1. The second-order valence-electron chi connectivity index (χ2n) is 5.39. The molecule has 22 heavy (non-hydrogen) atoms. The Morgan fingerprint density at radius 1 is 1.18 bits per heavy atom. The van der Waals surface area contributed by atoms with Gasteiger partial charge in [0, 0.05) is 18.8 Å². The summed E-state index contributed by atoms with van der Waals surface area (Å²) in [6.07, 6.45) is 0. The Kier molecular flexibility index (Phi) is 5.15. The van der Waals surface area contributed by atoms with E-state index in [2.05, 4.69) is 5.32 Å². The molecule has 0 bridgehead atoms. The fourth-order valence-corrected chi connectivity index (χ4v) is 2.33. The van der Waals surface area contributed by atoms with Crippen LogP contribution in [-0.2, 0) is 6.54 Å². The number of hydrogen-bond acceptors (Lipinski definition) is 1. The van der Waals surface area contributed by atoms with Crippen molar-refractivity contribution in [2.75, 3.05) is 11.9 Å². The molecule has 0 aliphatic carbocycles. The molecule has 0 aromatic heterocycles. The predicted molar refractivity (Wildman–Crippen MR) is 87.4 cm³/mol. The Bertz CT molecular complexity index is 670. The van der Waals surface area contributed by atoms with Crippen LogP contribution in [0.4, 0.5) is 14.9 Å². The molecule has 2 aromatic rings. The number of aryl methyl sites for hydroxylation is 2. The van der Waals surface area contributed by atoms with Crippen molar-refractivity contribution in [3.63, 3.8) is 0 Å². The maximum absolute atomic E-state index is 13.2. The second kappa shape index (κ2) is 7.07. The van der Waals surface area contributed by atoms with Crippen LogP contribution < -0.4 is 5.32 Å². The van der Waals surface area contributed by atoms with Gasteiger partial charge in [-0.25, -0.2) is 9.18 Å². The van der Waals surface area contributed by atoms with Gasteiger partial charge in [0.15, 0.2) is 0 Å². The van der Waals surface area contributed by atoms with Crippen LogP contribution >= 0.6 is 0 Å². The zero-order chi connectivity index (χ0) is 16.1. The van der Waals surface area contributed by atoms with Gasteiger partial charge in [0.1, 0.15) is 5.82 Å². The van der Waals surface area contributed by atoms with Crippen LogP contribution in [0.3, 0.4) is 0 Å². The number of halogens is 1. The molecule has 0 unspecified atom stereocenters. The van der Waals surface area contributed by atoms with Gasteiger partial charge in [0.25, 0.3) is 0 Å². The number of amides is 2. The molecule has 116 valence electrons. The summed E-state index contributed by atoms with van der Waals surface area (Å²) in [5.41, 5.74) is 3.75. The third-order valence-electron chi connectivity index (χ3n) is 3.55. The SMILES string of the molecule is CCN(Cc1cccc(F)c1)C(=O)Nc1ccc(C)cc1C. The van der Waals surface area contributed by atoms with Gasteiger partial charge in [0.2, 0.25) is 0 Å². The highest BCUT2D eigenvalue weighted by Gasteiger charge is 2.13. The Labute approximate surface area is 130 Å². The Balaban J connectivity index is 2.08. The summed E-state index contributed by atoms with van der Waals surface area (Å²) in [6, 6.07) is 12.0. The van der Waals surface area contributed by atoms with Crippen LogP contribution in [0.25, 0.3) is 0 Å². The Morgan fingerprint density at radius 2 is 1.95 bits per heavy atom. The smallest absolute Gasteiger partial charge is 0.320 e. The van der Waals surface area contributed by atoms with Crippen molar-refractivity contribution >= 4 is 11.7 Å². The van der Waals surface area contributed by atoms with Crippen molar-refractivity contribution in [3.8, 4) is 0 Å². The average molecular weight is 300 g/mol. The maximum Gasteiger partial charge on any atom is 0.322 e. The highest BCUT2D eigenvalue weighted by molar-refractivity contribution is 5.90. The number of anilines is 1. The van der Waals surface area contributed by atoms with Crippen LogP contribution in [0, 0.1) is 19.7 Å². The molecule has 0 saturated carbocycles. The number of rotatable bonds is 4. The van der Waals surface area contributed by atoms with Gasteiger partial charge in [-0.3, -0.25) is 0 Å². The first-order valence-corrected chi connectivity index (χ1v) is 7.37. The molecule has 0 fully saturated rings. The minimum absolute atomic E-state index is 0.182. The van der Waals surface area contributed by atoms with Gasteiger partial charge in [-0.05, 0) is 50.1 Å². The zero-order valence-corrected chi connectivity index (χ0v) is 13.2. The molecule has 0 spiro atoms. The monoisotopic (exact) mass is 300 g/mol. The third kappa shape index (κ3) is 4.07.